The number of hydrogen-bond donors (Lipinski definition) is 2. The predicted octanol–water partition coefficient (Wildman–Crippen LogP) is 0.995. The number of aromatic nitrogens is 2. The molecule has 0 saturated carbocycles. The highest BCUT2D eigenvalue weighted by Gasteiger charge is 2.50. The summed E-state index contributed by atoms with van der Waals surface area (Å²) < 4.78 is 66.0. The minimum absolute atomic E-state index is 0.0426. The van der Waals surface area contributed by atoms with Crippen molar-refractivity contribution in [2.45, 2.75) is 38.7 Å². The van der Waals surface area contributed by atoms with Crippen molar-refractivity contribution in [3.8, 4) is 0 Å². The molecule has 0 atom stereocenters. The van der Waals surface area contributed by atoms with Gasteiger partial charge in [0, 0.05) is 33.1 Å². The minimum Gasteiger partial charge on any atom is -0.357 e. The maximum atomic E-state index is 12.6. The van der Waals surface area contributed by atoms with E-state index in [2.05, 4.69) is 25.8 Å². The third-order valence-corrected chi connectivity index (χ3v) is 5.69. The van der Waals surface area contributed by atoms with Gasteiger partial charge >= 0.3 is 15.5 Å². The molecule has 0 unspecified atom stereocenters. The van der Waals surface area contributed by atoms with E-state index in [0.717, 1.165) is 0 Å². The second-order valence-electron chi connectivity index (χ2n) is 6.10. The van der Waals surface area contributed by atoms with Crippen molar-refractivity contribution in [2.75, 3.05) is 26.2 Å². The van der Waals surface area contributed by atoms with Crippen molar-refractivity contribution >= 4 is 16.0 Å². The van der Waals surface area contributed by atoms with Crippen LogP contribution >= 0.6 is 0 Å². The van der Waals surface area contributed by atoms with Crippen LogP contribution < -0.4 is 10.6 Å². The molecule has 0 spiro atoms. The quantitative estimate of drug-likeness (QED) is 0.529. The Kier molecular flexibility index (Phi) is 7.03. The van der Waals surface area contributed by atoms with E-state index in [1.165, 1.54) is 0 Å². The number of nitrogens with zero attached hydrogens (tertiary/aromatic N) is 4. The average Bonchev–Trinajstić information content (AvgIpc) is 3.02. The molecule has 27 heavy (non-hydrogen) atoms. The van der Waals surface area contributed by atoms with Gasteiger partial charge in [-0.1, -0.05) is 5.16 Å². The lowest BCUT2D eigenvalue weighted by atomic mass is 9.98. The lowest BCUT2D eigenvalue weighted by Gasteiger charge is -2.31. The van der Waals surface area contributed by atoms with Gasteiger partial charge in [0.15, 0.2) is 11.8 Å². The highest BCUT2D eigenvalue weighted by Crippen LogP contribution is 2.30. The lowest BCUT2D eigenvalue weighted by Crippen LogP contribution is -2.47. The van der Waals surface area contributed by atoms with Crippen LogP contribution in [0.2, 0.25) is 0 Å². The average molecular weight is 412 g/mol. The van der Waals surface area contributed by atoms with Gasteiger partial charge in [0.25, 0.3) is 0 Å². The molecule has 0 radical (unpaired) electrons. The van der Waals surface area contributed by atoms with Gasteiger partial charge in [-0.15, -0.1) is 0 Å². The van der Waals surface area contributed by atoms with Gasteiger partial charge in [-0.05, 0) is 25.7 Å². The number of rotatable bonds is 6. The van der Waals surface area contributed by atoms with E-state index >= 15 is 0 Å². The Morgan fingerprint density at radius 3 is 2.52 bits per heavy atom. The normalized spacial score (nSPS) is 17.9. The standard InChI is InChI=1S/C14H23F3N6O3S/c1-3-18-13(20-9-12-21-10(2)26-22-12)19-8-11-4-6-23(7-5-11)27(24,25)14(15,16)17/h11H,3-9H2,1-2H3,(H2,18,19,20). The summed E-state index contributed by atoms with van der Waals surface area (Å²) in [4.78, 5) is 8.37. The van der Waals surface area contributed by atoms with E-state index in [4.69, 9.17) is 4.52 Å². The largest absolute Gasteiger partial charge is 0.511 e. The molecule has 154 valence electrons. The topological polar surface area (TPSA) is 113 Å². The summed E-state index contributed by atoms with van der Waals surface area (Å²) in [5.41, 5.74) is -5.25. The molecule has 1 fully saturated rings. The van der Waals surface area contributed by atoms with Crippen LogP contribution in [-0.4, -0.2) is 60.5 Å². The van der Waals surface area contributed by atoms with E-state index in [0.29, 0.717) is 47.9 Å². The third-order valence-electron chi connectivity index (χ3n) is 4.06. The van der Waals surface area contributed by atoms with Gasteiger partial charge in [-0.3, -0.25) is 0 Å². The number of aliphatic imine (C=N–C) groups is 1. The predicted molar refractivity (Wildman–Crippen MR) is 91.1 cm³/mol. The molecule has 1 aliphatic heterocycles. The van der Waals surface area contributed by atoms with Gasteiger partial charge < -0.3 is 15.2 Å². The molecule has 1 aliphatic rings. The first-order valence-electron chi connectivity index (χ1n) is 8.51. The second-order valence-corrected chi connectivity index (χ2v) is 8.03. The van der Waals surface area contributed by atoms with Crippen molar-refractivity contribution in [1.29, 1.82) is 0 Å². The first-order chi connectivity index (χ1) is 12.6. The van der Waals surface area contributed by atoms with Gasteiger partial charge in [0.2, 0.25) is 5.89 Å². The van der Waals surface area contributed by atoms with Crippen molar-refractivity contribution in [2.24, 2.45) is 10.9 Å². The maximum Gasteiger partial charge on any atom is 0.511 e. The molecule has 9 nitrogen and oxygen atoms in total. The highest BCUT2D eigenvalue weighted by molar-refractivity contribution is 7.90. The van der Waals surface area contributed by atoms with Crippen molar-refractivity contribution in [1.82, 2.24) is 25.1 Å². The summed E-state index contributed by atoms with van der Waals surface area (Å²) >= 11 is 0. The Bertz CT molecular complexity index is 742. The Hall–Kier alpha value is -1.89. The number of guanidine groups is 1. The van der Waals surface area contributed by atoms with E-state index < -0.39 is 15.5 Å². The molecule has 13 heteroatoms. The molecule has 0 aromatic carbocycles. The van der Waals surface area contributed by atoms with E-state index in [9.17, 15) is 21.6 Å². The number of hydrogen-bond acceptors (Lipinski definition) is 6. The smallest absolute Gasteiger partial charge is 0.357 e. The number of piperidine rings is 1. The van der Waals surface area contributed by atoms with E-state index in [1.807, 2.05) is 6.92 Å². The molecule has 0 aliphatic carbocycles. The van der Waals surface area contributed by atoms with E-state index in [1.54, 1.807) is 6.92 Å². The molecule has 1 aromatic heterocycles. The van der Waals surface area contributed by atoms with E-state index in [-0.39, 0.29) is 25.6 Å². The first kappa shape index (κ1) is 21.4. The molecular formula is C14H23F3N6O3S. The van der Waals surface area contributed by atoms with Crippen LogP contribution in [0.3, 0.4) is 0 Å². The Balaban J connectivity index is 1.84. The fourth-order valence-electron chi connectivity index (χ4n) is 2.64. The van der Waals surface area contributed by atoms with Crippen LogP contribution in [0.5, 0.6) is 0 Å². The molecular weight excluding hydrogens is 389 g/mol. The molecule has 0 bridgehead atoms. The summed E-state index contributed by atoms with van der Waals surface area (Å²) in [7, 11) is -5.25. The molecule has 1 aromatic rings. The number of halogens is 3. The fraction of sp³-hybridized carbons (Fsp3) is 0.786. The van der Waals surface area contributed by atoms with Gasteiger partial charge in [0.05, 0.1) is 0 Å². The second kappa shape index (κ2) is 8.87. The summed E-state index contributed by atoms with van der Waals surface area (Å²) in [5, 5.41) is 9.91. The summed E-state index contributed by atoms with van der Waals surface area (Å²) in [6, 6.07) is 0. The highest BCUT2D eigenvalue weighted by atomic mass is 32.2. The van der Waals surface area contributed by atoms with Crippen LogP contribution in [0.25, 0.3) is 0 Å². The monoisotopic (exact) mass is 412 g/mol. The van der Waals surface area contributed by atoms with Crippen LogP contribution in [0.1, 0.15) is 31.5 Å². The summed E-state index contributed by atoms with van der Waals surface area (Å²) in [6.45, 7) is 4.59. The Morgan fingerprint density at radius 2 is 2.00 bits per heavy atom. The Labute approximate surface area is 155 Å². The van der Waals surface area contributed by atoms with Gasteiger partial charge in [-0.25, -0.2) is 13.4 Å². The summed E-state index contributed by atoms with van der Waals surface area (Å²) in [6.07, 6.45) is 0.678. The lowest BCUT2D eigenvalue weighted by molar-refractivity contribution is -0.0496. The minimum atomic E-state index is -5.25. The number of aryl methyl sites for hydroxylation is 1. The molecule has 2 N–H and O–H groups in total. The maximum absolute atomic E-state index is 12.6. The zero-order valence-electron chi connectivity index (χ0n) is 15.1. The molecule has 1 saturated heterocycles. The van der Waals surface area contributed by atoms with Crippen molar-refractivity contribution in [3.63, 3.8) is 0 Å². The third kappa shape index (κ3) is 5.79. The molecule has 2 rings (SSSR count). The summed E-state index contributed by atoms with van der Waals surface area (Å²) in [5.74, 6) is 1.44. The van der Waals surface area contributed by atoms with Gasteiger partial charge in [0.1, 0.15) is 6.54 Å². The SMILES string of the molecule is CCNC(=NCc1noc(C)n1)NCC1CCN(S(=O)(=O)C(F)(F)F)CC1. The van der Waals surface area contributed by atoms with Gasteiger partial charge in [-0.2, -0.15) is 22.5 Å². The number of sulfonamides is 1. The van der Waals surface area contributed by atoms with Crippen LogP contribution in [0.15, 0.2) is 9.52 Å². The molecule has 2 heterocycles. The zero-order chi connectivity index (χ0) is 20.1. The first-order valence-corrected chi connectivity index (χ1v) is 9.95. The molecule has 0 amide bonds. The van der Waals surface area contributed by atoms with Crippen molar-refractivity contribution in [3.05, 3.63) is 11.7 Å². The van der Waals surface area contributed by atoms with Crippen LogP contribution in [-0.2, 0) is 16.6 Å². The van der Waals surface area contributed by atoms with Crippen LogP contribution in [0, 0.1) is 12.8 Å². The fourth-order valence-corrected chi connectivity index (χ4v) is 3.62. The zero-order valence-corrected chi connectivity index (χ0v) is 15.9. The van der Waals surface area contributed by atoms with Crippen molar-refractivity contribution < 1.29 is 26.1 Å². The number of nitrogens with one attached hydrogen (secondary N) is 2. The number of alkyl halides is 3. The Morgan fingerprint density at radius 1 is 1.33 bits per heavy atom. The van der Waals surface area contributed by atoms with Crippen LogP contribution in [0.4, 0.5) is 13.2 Å².